The number of hydrogen-bond donors (Lipinski definition) is 1. The van der Waals surface area contributed by atoms with Crippen molar-refractivity contribution in [2.24, 2.45) is 5.92 Å². The maximum atomic E-state index is 11.4. The van der Waals surface area contributed by atoms with Crippen LogP contribution >= 0.6 is 0 Å². The van der Waals surface area contributed by atoms with Crippen molar-refractivity contribution < 1.29 is 4.79 Å². The maximum Gasteiger partial charge on any atom is 0.224 e. The normalized spacial score (nSPS) is 20.3. The molecule has 1 aliphatic rings. The first-order valence-electron chi connectivity index (χ1n) is 5.04. The highest BCUT2D eigenvalue weighted by molar-refractivity contribution is 5.79. The van der Waals surface area contributed by atoms with Gasteiger partial charge in [-0.15, -0.1) is 0 Å². The van der Waals surface area contributed by atoms with E-state index in [9.17, 15) is 4.79 Å². The molecule has 0 aliphatic carbocycles. The van der Waals surface area contributed by atoms with Crippen molar-refractivity contribution >= 4 is 11.7 Å². The Morgan fingerprint density at radius 1 is 1.60 bits per heavy atom. The van der Waals surface area contributed by atoms with Crippen LogP contribution in [0.4, 0.5) is 5.82 Å². The quantitative estimate of drug-likeness (QED) is 0.742. The Kier molecular flexibility index (Phi) is 2.80. The second-order valence-corrected chi connectivity index (χ2v) is 3.61. The zero-order chi connectivity index (χ0) is 10.7. The molecule has 0 spiro atoms. The number of rotatable bonds is 2. The maximum absolute atomic E-state index is 11.4. The van der Waals surface area contributed by atoms with E-state index in [1.54, 1.807) is 25.6 Å². The van der Waals surface area contributed by atoms with Crippen molar-refractivity contribution in [2.75, 3.05) is 25.0 Å². The highest BCUT2D eigenvalue weighted by Gasteiger charge is 2.28. The van der Waals surface area contributed by atoms with Gasteiger partial charge in [0, 0.05) is 32.5 Å². The van der Waals surface area contributed by atoms with Gasteiger partial charge in [0.05, 0.1) is 12.1 Å². The van der Waals surface area contributed by atoms with E-state index in [4.69, 9.17) is 0 Å². The van der Waals surface area contributed by atoms with Gasteiger partial charge < -0.3 is 10.2 Å². The predicted octanol–water partition coefficient (Wildman–Crippen LogP) is 0.0489. The van der Waals surface area contributed by atoms with Crippen molar-refractivity contribution in [2.45, 2.75) is 6.42 Å². The number of amides is 1. The van der Waals surface area contributed by atoms with Crippen LogP contribution in [0.25, 0.3) is 0 Å². The van der Waals surface area contributed by atoms with E-state index >= 15 is 0 Å². The molecule has 1 aliphatic heterocycles. The van der Waals surface area contributed by atoms with Gasteiger partial charge in [-0.3, -0.25) is 9.78 Å². The van der Waals surface area contributed by atoms with Crippen LogP contribution in [0.5, 0.6) is 0 Å². The topological polar surface area (TPSA) is 58.1 Å². The molecule has 0 bridgehead atoms. The fourth-order valence-electron chi connectivity index (χ4n) is 1.84. The molecule has 1 aromatic heterocycles. The summed E-state index contributed by atoms with van der Waals surface area (Å²) in [5, 5.41) is 2.68. The Bertz CT molecular complexity index is 341. The zero-order valence-corrected chi connectivity index (χ0v) is 8.68. The Hall–Kier alpha value is -1.65. The number of nitrogens with zero attached hydrogens (tertiary/aromatic N) is 3. The van der Waals surface area contributed by atoms with Crippen molar-refractivity contribution in [3.63, 3.8) is 0 Å². The van der Waals surface area contributed by atoms with Gasteiger partial charge in [0.25, 0.3) is 0 Å². The highest BCUT2D eigenvalue weighted by Crippen LogP contribution is 2.20. The first kappa shape index (κ1) is 9.89. The lowest BCUT2D eigenvalue weighted by molar-refractivity contribution is -0.123. The van der Waals surface area contributed by atoms with E-state index in [1.807, 2.05) is 0 Å². The molecule has 0 aromatic carbocycles. The van der Waals surface area contributed by atoms with Gasteiger partial charge in [-0.05, 0) is 6.42 Å². The van der Waals surface area contributed by atoms with E-state index in [1.165, 1.54) is 0 Å². The molecular formula is C10H14N4O. The molecule has 80 valence electrons. The summed E-state index contributed by atoms with van der Waals surface area (Å²) in [5.74, 6) is 1.04. The first-order chi connectivity index (χ1) is 7.31. The molecule has 1 amide bonds. The molecule has 5 nitrogen and oxygen atoms in total. The minimum Gasteiger partial charge on any atom is -0.359 e. The van der Waals surface area contributed by atoms with Crippen LogP contribution in [0.2, 0.25) is 0 Å². The molecule has 1 unspecified atom stereocenters. The molecule has 1 saturated heterocycles. The van der Waals surface area contributed by atoms with Crippen LogP contribution in [-0.2, 0) is 4.79 Å². The fourth-order valence-corrected chi connectivity index (χ4v) is 1.84. The van der Waals surface area contributed by atoms with E-state index in [2.05, 4.69) is 20.2 Å². The Morgan fingerprint density at radius 3 is 3.13 bits per heavy atom. The molecule has 1 N–H and O–H groups in total. The third kappa shape index (κ3) is 2.06. The number of anilines is 1. The average Bonchev–Trinajstić information content (AvgIpc) is 2.78. The Labute approximate surface area is 88.5 Å². The fraction of sp³-hybridized carbons (Fsp3) is 0.500. The highest BCUT2D eigenvalue weighted by atomic mass is 16.1. The molecule has 1 aromatic rings. The van der Waals surface area contributed by atoms with Crippen LogP contribution in [-0.4, -0.2) is 36.0 Å². The van der Waals surface area contributed by atoms with E-state index in [0.29, 0.717) is 0 Å². The minimum absolute atomic E-state index is 0.0806. The zero-order valence-electron chi connectivity index (χ0n) is 8.68. The molecule has 0 radical (unpaired) electrons. The second-order valence-electron chi connectivity index (χ2n) is 3.61. The van der Waals surface area contributed by atoms with Gasteiger partial charge in [0.15, 0.2) is 0 Å². The predicted molar refractivity (Wildman–Crippen MR) is 56.4 cm³/mol. The lowest BCUT2D eigenvalue weighted by Crippen LogP contribution is -2.30. The summed E-state index contributed by atoms with van der Waals surface area (Å²) in [6, 6.07) is 0. The molecule has 15 heavy (non-hydrogen) atoms. The third-order valence-corrected chi connectivity index (χ3v) is 2.68. The molecule has 2 rings (SSSR count). The number of nitrogens with one attached hydrogen (secondary N) is 1. The van der Waals surface area contributed by atoms with Gasteiger partial charge in [0.1, 0.15) is 5.82 Å². The lowest BCUT2D eigenvalue weighted by atomic mass is 10.1. The SMILES string of the molecule is CNC(=O)C1CCN(c2cnccn2)C1. The Balaban J connectivity index is 2.02. The number of aromatic nitrogens is 2. The first-order valence-corrected chi connectivity index (χ1v) is 5.04. The van der Waals surface area contributed by atoms with E-state index < -0.39 is 0 Å². The van der Waals surface area contributed by atoms with Crippen LogP contribution in [0.15, 0.2) is 18.6 Å². The van der Waals surface area contributed by atoms with Gasteiger partial charge in [0.2, 0.25) is 5.91 Å². The summed E-state index contributed by atoms with van der Waals surface area (Å²) >= 11 is 0. The van der Waals surface area contributed by atoms with E-state index in [0.717, 1.165) is 25.3 Å². The molecule has 1 fully saturated rings. The average molecular weight is 206 g/mol. The summed E-state index contributed by atoms with van der Waals surface area (Å²) in [6.07, 6.45) is 5.93. The van der Waals surface area contributed by atoms with Crippen molar-refractivity contribution in [3.8, 4) is 0 Å². The summed E-state index contributed by atoms with van der Waals surface area (Å²) in [6.45, 7) is 1.61. The molecule has 0 saturated carbocycles. The molecule has 2 heterocycles. The van der Waals surface area contributed by atoms with Crippen LogP contribution < -0.4 is 10.2 Å². The Morgan fingerprint density at radius 2 is 2.47 bits per heavy atom. The minimum atomic E-state index is 0.0806. The van der Waals surface area contributed by atoms with Gasteiger partial charge in [-0.1, -0.05) is 0 Å². The van der Waals surface area contributed by atoms with Crippen LogP contribution in [0.3, 0.4) is 0 Å². The van der Waals surface area contributed by atoms with E-state index in [-0.39, 0.29) is 11.8 Å². The largest absolute Gasteiger partial charge is 0.359 e. The third-order valence-electron chi connectivity index (χ3n) is 2.68. The van der Waals surface area contributed by atoms with Gasteiger partial charge >= 0.3 is 0 Å². The standard InChI is InChI=1S/C10H14N4O/c1-11-10(15)8-2-5-14(7-8)9-6-12-3-4-13-9/h3-4,6,8H,2,5,7H2,1H3,(H,11,15). The molecule has 1 atom stereocenters. The van der Waals surface area contributed by atoms with Crippen molar-refractivity contribution in [1.29, 1.82) is 0 Å². The molecular weight excluding hydrogens is 192 g/mol. The van der Waals surface area contributed by atoms with Gasteiger partial charge in [-0.25, -0.2) is 4.98 Å². The summed E-state index contributed by atoms with van der Waals surface area (Å²) in [4.78, 5) is 21.7. The van der Waals surface area contributed by atoms with Crippen LogP contribution in [0, 0.1) is 5.92 Å². The van der Waals surface area contributed by atoms with Crippen molar-refractivity contribution in [1.82, 2.24) is 15.3 Å². The van der Waals surface area contributed by atoms with Gasteiger partial charge in [-0.2, -0.15) is 0 Å². The number of carbonyl (C=O) groups is 1. The summed E-state index contributed by atoms with van der Waals surface area (Å²) in [5.41, 5.74) is 0. The second kappa shape index (κ2) is 4.25. The number of carbonyl (C=O) groups excluding carboxylic acids is 1. The van der Waals surface area contributed by atoms with Crippen molar-refractivity contribution in [3.05, 3.63) is 18.6 Å². The summed E-state index contributed by atoms with van der Waals surface area (Å²) < 4.78 is 0. The molecule has 5 heteroatoms. The summed E-state index contributed by atoms with van der Waals surface area (Å²) in [7, 11) is 1.67. The lowest BCUT2D eigenvalue weighted by Gasteiger charge is -2.16. The number of hydrogen-bond acceptors (Lipinski definition) is 4. The van der Waals surface area contributed by atoms with Crippen LogP contribution in [0.1, 0.15) is 6.42 Å². The smallest absolute Gasteiger partial charge is 0.224 e. The monoisotopic (exact) mass is 206 g/mol.